The molecule has 4 heterocycles. The fourth-order valence-electron chi connectivity index (χ4n) is 5.31. The first-order chi connectivity index (χ1) is 19.6. The third-order valence-electron chi connectivity index (χ3n) is 7.29. The predicted octanol–water partition coefficient (Wildman–Crippen LogP) is 7.48. The summed E-state index contributed by atoms with van der Waals surface area (Å²) in [5, 5.41) is 6.07. The van der Waals surface area contributed by atoms with Gasteiger partial charge in [0.05, 0.1) is 23.6 Å². The molecular formula is C31H29F4N5O. The van der Waals surface area contributed by atoms with Crippen molar-refractivity contribution in [1.82, 2.24) is 19.7 Å². The Bertz CT molecular complexity index is 1740. The van der Waals surface area contributed by atoms with Gasteiger partial charge in [0, 0.05) is 53.9 Å². The van der Waals surface area contributed by atoms with Crippen LogP contribution in [0.4, 0.5) is 23.4 Å². The molecule has 0 unspecified atom stereocenters. The monoisotopic (exact) mass is 563 g/mol. The number of fused-ring (bicyclic) bond motifs is 2. The molecule has 6 nitrogen and oxygen atoms in total. The van der Waals surface area contributed by atoms with Crippen LogP contribution < -0.4 is 9.64 Å². The molecule has 212 valence electrons. The Morgan fingerprint density at radius 2 is 1.93 bits per heavy atom. The highest BCUT2D eigenvalue weighted by atomic mass is 19.4. The van der Waals surface area contributed by atoms with Gasteiger partial charge in [-0.3, -0.25) is 0 Å². The molecular weight excluding hydrogens is 534 g/mol. The molecule has 3 aromatic heterocycles. The van der Waals surface area contributed by atoms with Crippen LogP contribution in [-0.4, -0.2) is 32.9 Å². The molecule has 0 aliphatic carbocycles. The first-order valence-corrected chi connectivity index (χ1v) is 13.5. The van der Waals surface area contributed by atoms with Gasteiger partial charge in [-0.1, -0.05) is 32.0 Å². The third kappa shape index (κ3) is 5.03. The number of hydrogen-bond donors (Lipinski definition) is 1. The molecule has 0 bridgehead atoms. The van der Waals surface area contributed by atoms with E-state index in [1.54, 1.807) is 4.90 Å². The number of H-pyrrole nitrogens is 1. The van der Waals surface area contributed by atoms with Crippen molar-refractivity contribution in [2.75, 3.05) is 18.1 Å². The minimum absolute atomic E-state index is 0.111. The normalized spacial score (nSPS) is 13.7. The van der Waals surface area contributed by atoms with Gasteiger partial charge >= 0.3 is 6.18 Å². The van der Waals surface area contributed by atoms with E-state index >= 15 is 0 Å². The van der Waals surface area contributed by atoms with Gasteiger partial charge in [0.25, 0.3) is 0 Å². The second-order valence-corrected chi connectivity index (χ2v) is 10.8. The SMILES string of the molecule is Cc1cccc(OCC(C)C)c1-n1nc2c(c1-c1ccc3[nH]ccc3c1)CN(c1ncc(C(F)(F)F)cc1F)CC2. The Morgan fingerprint density at radius 3 is 2.68 bits per heavy atom. The number of halogens is 4. The number of nitrogens with one attached hydrogen (secondary N) is 1. The van der Waals surface area contributed by atoms with Crippen molar-refractivity contribution in [3.8, 4) is 22.7 Å². The molecule has 10 heteroatoms. The Balaban J connectivity index is 1.50. The van der Waals surface area contributed by atoms with Crippen molar-refractivity contribution in [1.29, 1.82) is 0 Å². The van der Waals surface area contributed by atoms with Crippen LogP contribution >= 0.6 is 0 Å². The Labute approximate surface area is 234 Å². The van der Waals surface area contributed by atoms with Crippen LogP contribution in [0.1, 0.15) is 36.2 Å². The number of hydrogen-bond acceptors (Lipinski definition) is 4. The lowest BCUT2D eigenvalue weighted by atomic mass is 9.99. The minimum atomic E-state index is -4.67. The summed E-state index contributed by atoms with van der Waals surface area (Å²) in [6, 6.07) is 14.5. The number of aromatic amines is 1. The number of ether oxygens (including phenoxy) is 1. The predicted molar refractivity (Wildman–Crippen MR) is 150 cm³/mol. The minimum Gasteiger partial charge on any atom is -0.491 e. The molecule has 1 aliphatic heterocycles. The van der Waals surface area contributed by atoms with Crippen LogP contribution in [-0.2, 0) is 19.1 Å². The van der Waals surface area contributed by atoms with E-state index in [4.69, 9.17) is 9.84 Å². The van der Waals surface area contributed by atoms with Gasteiger partial charge in [-0.2, -0.15) is 18.3 Å². The maximum Gasteiger partial charge on any atom is 0.417 e. The van der Waals surface area contributed by atoms with Crippen LogP contribution in [0.2, 0.25) is 0 Å². The van der Waals surface area contributed by atoms with Gasteiger partial charge in [0.15, 0.2) is 11.6 Å². The highest BCUT2D eigenvalue weighted by Crippen LogP contribution is 2.39. The zero-order valence-corrected chi connectivity index (χ0v) is 22.9. The molecule has 0 spiro atoms. The lowest BCUT2D eigenvalue weighted by molar-refractivity contribution is -0.138. The zero-order valence-electron chi connectivity index (χ0n) is 22.9. The number of para-hydroxylation sites is 1. The number of pyridine rings is 1. The maximum atomic E-state index is 15.0. The Kier molecular flexibility index (Phi) is 6.71. The second kappa shape index (κ2) is 10.2. The average molecular weight is 564 g/mol. The summed E-state index contributed by atoms with van der Waals surface area (Å²) in [6.45, 7) is 7.31. The van der Waals surface area contributed by atoms with Crippen molar-refractivity contribution < 1.29 is 22.3 Å². The lowest BCUT2D eigenvalue weighted by Gasteiger charge is -2.28. The number of anilines is 1. The van der Waals surface area contributed by atoms with Gasteiger partial charge in [0.2, 0.25) is 0 Å². The van der Waals surface area contributed by atoms with Crippen LogP contribution in [0.25, 0.3) is 27.8 Å². The summed E-state index contributed by atoms with van der Waals surface area (Å²) in [5.74, 6) is -0.0892. The fraction of sp³-hybridized carbons (Fsp3) is 0.290. The van der Waals surface area contributed by atoms with E-state index < -0.39 is 17.6 Å². The Morgan fingerprint density at radius 1 is 1.10 bits per heavy atom. The molecule has 41 heavy (non-hydrogen) atoms. The number of rotatable bonds is 6. The number of alkyl halides is 3. The fourth-order valence-corrected chi connectivity index (χ4v) is 5.31. The summed E-state index contributed by atoms with van der Waals surface area (Å²) in [4.78, 5) is 8.78. The van der Waals surface area contributed by atoms with Gasteiger partial charge in [-0.05, 0) is 48.7 Å². The zero-order chi connectivity index (χ0) is 28.9. The number of aromatic nitrogens is 4. The average Bonchev–Trinajstić information content (AvgIpc) is 3.55. The molecule has 1 aliphatic rings. The smallest absolute Gasteiger partial charge is 0.417 e. The van der Waals surface area contributed by atoms with Crippen molar-refractivity contribution in [2.45, 2.75) is 39.9 Å². The summed E-state index contributed by atoms with van der Waals surface area (Å²) in [6.07, 6.45) is -1.64. The topological polar surface area (TPSA) is 59.0 Å². The second-order valence-electron chi connectivity index (χ2n) is 10.8. The molecule has 2 aromatic carbocycles. The molecule has 0 radical (unpaired) electrons. The largest absolute Gasteiger partial charge is 0.491 e. The van der Waals surface area contributed by atoms with Crippen molar-refractivity contribution in [2.24, 2.45) is 5.92 Å². The summed E-state index contributed by atoms with van der Waals surface area (Å²) in [5.41, 5.74) is 5.11. The molecule has 6 rings (SSSR count). The van der Waals surface area contributed by atoms with E-state index in [0.29, 0.717) is 43.5 Å². The summed E-state index contributed by atoms with van der Waals surface area (Å²) in [7, 11) is 0. The molecule has 0 fully saturated rings. The molecule has 1 N–H and O–H groups in total. The van der Waals surface area contributed by atoms with E-state index in [0.717, 1.165) is 44.7 Å². The van der Waals surface area contributed by atoms with E-state index in [-0.39, 0.29) is 12.4 Å². The Hall–Kier alpha value is -4.34. The summed E-state index contributed by atoms with van der Waals surface area (Å²) >= 11 is 0. The number of nitrogens with zero attached hydrogens (tertiary/aromatic N) is 4. The van der Waals surface area contributed by atoms with Gasteiger partial charge in [-0.15, -0.1) is 0 Å². The molecule has 0 amide bonds. The van der Waals surface area contributed by atoms with Gasteiger partial charge < -0.3 is 14.6 Å². The van der Waals surface area contributed by atoms with Gasteiger partial charge in [-0.25, -0.2) is 14.1 Å². The van der Waals surface area contributed by atoms with Crippen LogP contribution in [0.5, 0.6) is 5.75 Å². The van der Waals surface area contributed by atoms with Gasteiger partial charge in [0.1, 0.15) is 11.4 Å². The molecule has 0 atom stereocenters. The number of aryl methyl sites for hydroxylation is 1. The molecule has 5 aromatic rings. The highest BCUT2D eigenvalue weighted by molar-refractivity contribution is 5.85. The van der Waals surface area contributed by atoms with E-state index in [1.165, 1.54) is 0 Å². The van der Waals surface area contributed by atoms with E-state index in [9.17, 15) is 17.6 Å². The quantitative estimate of drug-likeness (QED) is 0.218. The van der Waals surface area contributed by atoms with Crippen molar-refractivity contribution in [3.63, 3.8) is 0 Å². The lowest BCUT2D eigenvalue weighted by Crippen LogP contribution is -2.32. The number of benzene rings is 2. The van der Waals surface area contributed by atoms with Crippen LogP contribution in [0.3, 0.4) is 0 Å². The molecule has 0 saturated heterocycles. The maximum absolute atomic E-state index is 15.0. The summed E-state index contributed by atoms with van der Waals surface area (Å²) < 4.78 is 62.6. The van der Waals surface area contributed by atoms with Crippen LogP contribution in [0.15, 0.2) is 60.9 Å². The van der Waals surface area contributed by atoms with Crippen molar-refractivity contribution in [3.05, 3.63) is 89.1 Å². The highest BCUT2D eigenvalue weighted by Gasteiger charge is 2.34. The molecule has 0 saturated carbocycles. The standard InChI is InChI=1S/C31H29F4N5O/c1-18(2)17-41-27-6-4-5-19(3)28(27)40-29(21-7-8-25-20(13-21)9-11-36-25)23-16-39(12-10-26(23)38-40)30-24(32)14-22(15-37-30)31(33,34)35/h4-9,11,13-15,18,36H,10,12,16-17H2,1-3H3. The van der Waals surface area contributed by atoms with Crippen LogP contribution in [0, 0.1) is 18.7 Å². The first kappa shape index (κ1) is 26.9. The first-order valence-electron chi connectivity index (χ1n) is 13.5. The van der Waals surface area contributed by atoms with Crippen molar-refractivity contribution >= 4 is 16.7 Å². The third-order valence-corrected chi connectivity index (χ3v) is 7.29. The van der Waals surface area contributed by atoms with E-state index in [2.05, 4.69) is 29.9 Å². The van der Waals surface area contributed by atoms with E-state index in [1.807, 2.05) is 54.2 Å².